The zero-order chi connectivity index (χ0) is 23.7. The molecule has 1 fully saturated rings. The van der Waals surface area contributed by atoms with Gasteiger partial charge in [-0.25, -0.2) is 9.78 Å². The SMILES string of the molecule is COC(=O)c1cc(Cl)nnc1N[C@H](C)c1cc(C)cc2c(=O)n(C)c(N3CCOCC3)nc12. The molecule has 0 spiro atoms. The second-order valence-electron chi connectivity index (χ2n) is 7.91. The van der Waals surface area contributed by atoms with Gasteiger partial charge in [0.25, 0.3) is 5.56 Å². The highest BCUT2D eigenvalue weighted by molar-refractivity contribution is 6.29. The lowest BCUT2D eigenvalue weighted by Gasteiger charge is -2.29. The Kier molecular flexibility index (Phi) is 6.48. The van der Waals surface area contributed by atoms with Crippen LogP contribution in [0.3, 0.4) is 0 Å². The number of hydrogen-bond donors (Lipinski definition) is 1. The zero-order valence-corrected chi connectivity index (χ0v) is 19.6. The lowest BCUT2D eigenvalue weighted by Crippen LogP contribution is -2.40. The molecule has 3 heterocycles. The number of carbonyl (C=O) groups excluding carboxylic acids is 1. The van der Waals surface area contributed by atoms with E-state index >= 15 is 0 Å². The number of halogens is 1. The molecule has 0 bridgehead atoms. The van der Waals surface area contributed by atoms with Crippen LogP contribution in [0.5, 0.6) is 0 Å². The fraction of sp³-hybridized carbons (Fsp3) is 0.409. The summed E-state index contributed by atoms with van der Waals surface area (Å²) in [5.74, 6) is 0.234. The minimum atomic E-state index is -0.586. The Labute approximate surface area is 195 Å². The number of fused-ring (bicyclic) bond motifs is 1. The molecule has 0 unspecified atom stereocenters. The number of methoxy groups -OCH3 is 1. The van der Waals surface area contributed by atoms with Gasteiger partial charge in [-0.2, -0.15) is 0 Å². The van der Waals surface area contributed by atoms with Crippen molar-refractivity contribution in [1.82, 2.24) is 19.7 Å². The summed E-state index contributed by atoms with van der Waals surface area (Å²) >= 11 is 5.92. The molecule has 1 N–H and O–H groups in total. The molecule has 1 aliphatic heterocycles. The van der Waals surface area contributed by atoms with E-state index in [0.717, 1.165) is 11.1 Å². The molecule has 174 valence electrons. The Morgan fingerprint density at radius 1 is 1.24 bits per heavy atom. The number of nitrogens with zero attached hydrogens (tertiary/aromatic N) is 5. The average molecular weight is 473 g/mol. The summed E-state index contributed by atoms with van der Waals surface area (Å²) < 4.78 is 11.9. The highest BCUT2D eigenvalue weighted by Crippen LogP contribution is 2.28. The Hall–Kier alpha value is -3.24. The second kappa shape index (κ2) is 9.32. The molecule has 1 atom stereocenters. The summed E-state index contributed by atoms with van der Waals surface area (Å²) in [6, 6.07) is 4.85. The third-order valence-corrected chi connectivity index (χ3v) is 5.80. The predicted molar refractivity (Wildman–Crippen MR) is 125 cm³/mol. The molecular formula is C22H25ClN6O4. The van der Waals surface area contributed by atoms with Crippen molar-refractivity contribution in [2.75, 3.05) is 43.6 Å². The van der Waals surface area contributed by atoms with Gasteiger partial charge in [0.2, 0.25) is 5.95 Å². The van der Waals surface area contributed by atoms with Crippen LogP contribution in [0.4, 0.5) is 11.8 Å². The highest BCUT2D eigenvalue weighted by Gasteiger charge is 2.23. The Balaban J connectivity index is 1.81. The number of aromatic nitrogens is 4. The van der Waals surface area contributed by atoms with Crippen molar-refractivity contribution >= 4 is 40.2 Å². The molecule has 0 aliphatic carbocycles. The molecule has 0 saturated carbocycles. The molecule has 4 rings (SSSR count). The predicted octanol–water partition coefficient (Wildman–Crippen LogP) is 2.48. The lowest BCUT2D eigenvalue weighted by molar-refractivity contribution is 0.0601. The van der Waals surface area contributed by atoms with Crippen molar-refractivity contribution in [2.24, 2.45) is 7.05 Å². The van der Waals surface area contributed by atoms with Crippen molar-refractivity contribution in [3.05, 3.63) is 50.4 Å². The molecule has 3 aromatic rings. The number of hydrogen-bond acceptors (Lipinski definition) is 9. The van der Waals surface area contributed by atoms with Crippen molar-refractivity contribution in [3.63, 3.8) is 0 Å². The van der Waals surface area contributed by atoms with Crippen LogP contribution in [0.2, 0.25) is 5.15 Å². The molecule has 11 heteroatoms. The number of carbonyl (C=O) groups is 1. The Morgan fingerprint density at radius 3 is 2.67 bits per heavy atom. The first-order chi connectivity index (χ1) is 15.8. The van der Waals surface area contributed by atoms with Gasteiger partial charge in [-0.1, -0.05) is 17.7 Å². The third kappa shape index (κ3) is 4.49. The van der Waals surface area contributed by atoms with Crippen LogP contribution in [0.25, 0.3) is 10.9 Å². The van der Waals surface area contributed by atoms with E-state index in [9.17, 15) is 9.59 Å². The zero-order valence-electron chi connectivity index (χ0n) is 18.9. The number of aryl methyl sites for hydroxylation is 1. The highest BCUT2D eigenvalue weighted by atomic mass is 35.5. The first kappa shape index (κ1) is 22.9. The van der Waals surface area contributed by atoms with E-state index in [4.69, 9.17) is 26.1 Å². The summed E-state index contributed by atoms with van der Waals surface area (Å²) in [4.78, 5) is 32.4. The smallest absolute Gasteiger partial charge is 0.341 e. The molecule has 2 aromatic heterocycles. The first-order valence-corrected chi connectivity index (χ1v) is 10.9. The van der Waals surface area contributed by atoms with Crippen LogP contribution in [0.15, 0.2) is 23.0 Å². The van der Waals surface area contributed by atoms with Gasteiger partial charge in [0.1, 0.15) is 5.56 Å². The van der Waals surface area contributed by atoms with Gasteiger partial charge in [0.05, 0.1) is 37.3 Å². The Morgan fingerprint density at radius 2 is 1.97 bits per heavy atom. The molecule has 0 amide bonds. The maximum atomic E-state index is 13.2. The molecule has 1 aromatic carbocycles. The summed E-state index contributed by atoms with van der Waals surface area (Å²) in [5, 5.41) is 11.7. The molecular weight excluding hydrogens is 448 g/mol. The normalized spacial score (nSPS) is 14.9. The van der Waals surface area contributed by atoms with E-state index in [1.807, 2.05) is 30.9 Å². The minimum absolute atomic E-state index is 0.0786. The first-order valence-electron chi connectivity index (χ1n) is 10.5. The summed E-state index contributed by atoms with van der Waals surface area (Å²) in [5.41, 5.74) is 2.34. The number of morpholine rings is 1. The van der Waals surface area contributed by atoms with Gasteiger partial charge in [-0.3, -0.25) is 9.36 Å². The number of anilines is 2. The van der Waals surface area contributed by atoms with Crippen molar-refractivity contribution < 1.29 is 14.3 Å². The van der Waals surface area contributed by atoms with Crippen LogP contribution in [0.1, 0.15) is 34.5 Å². The van der Waals surface area contributed by atoms with E-state index in [1.54, 1.807) is 11.6 Å². The second-order valence-corrected chi connectivity index (χ2v) is 8.30. The quantitative estimate of drug-likeness (QED) is 0.559. The van der Waals surface area contributed by atoms with E-state index in [-0.39, 0.29) is 28.1 Å². The number of esters is 1. The lowest BCUT2D eigenvalue weighted by atomic mass is 10.0. The van der Waals surface area contributed by atoms with Crippen molar-refractivity contribution in [2.45, 2.75) is 19.9 Å². The number of benzene rings is 1. The fourth-order valence-electron chi connectivity index (χ4n) is 3.94. The van der Waals surface area contributed by atoms with Crippen LogP contribution in [0, 0.1) is 6.92 Å². The number of ether oxygens (including phenoxy) is 2. The van der Waals surface area contributed by atoms with E-state index in [2.05, 4.69) is 15.5 Å². The van der Waals surface area contributed by atoms with Crippen LogP contribution >= 0.6 is 11.6 Å². The standard InChI is InChI=1S/C22H25ClN6O4/c1-12-9-14(13(2)24-19-16(21(31)32-4)11-17(23)26-27-19)18-15(10-12)20(30)28(3)22(25-18)29-5-7-33-8-6-29/h9-11,13H,5-8H2,1-4H3,(H,24,27)/t13-/m1/s1. The van der Waals surface area contributed by atoms with Gasteiger partial charge in [0, 0.05) is 25.7 Å². The summed E-state index contributed by atoms with van der Waals surface area (Å²) in [6.45, 7) is 6.30. The van der Waals surface area contributed by atoms with Crippen LogP contribution < -0.4 is 15.8 Å². The van der Waals surface area contributed by atoms with Gasteiger partial charge >= 0.3 is 5.97 Å². The van der Waals surface area contributed by atoms with Crippen molar-refractivity contribution in [1.29, 1.82) is 0 Å². The average Bonchev–Trinajstić information content (AvgIpc) is 2.82. The monoisotopic (exact) mass is 472 g/mol. The summed E-state index contributed by atoms with van der Waals surface area (Å²) in [6.07, 6.45) is 0. The molecule has 0 radical (unpaired) electrons. The van der Waals surface area contributed by atoms with Crippen LogP contribution in [-0.2, 0) is 16.5 Å². The molecule has 1 aliphatic rings. The van der Waals surface area contributed by atoms with E-state index < -0.39 is 5.97 Å². The minimum Gasteiger partial charge on any atom is -0.465 e. The number of nitrogens with one attached hydrogen (secondary N) is 1. The molecule has 1 saturated heterocycles. The summed E-state index contributed by atoms with van der Waals surface area (Å²) in [7, 11) is 3.01. The number of rotatable bonds is 5. The van der Waals surface area contributed by atoms with Gasteiger partial charge in [-0.05, 0) is 31.5 Å². The van der Waals surface area contributed by atoms with Gasteiger partial charge in [0.15, 0.2) is 11.0 Å². The largest absolute Gasteiger partial charge is 0.465 e. The van der Waals surface area contributed by atoms with Gasteiger partial charge in [-0.15, -0.1) is 10.2 Å². The van der Waals surface area contributed by atoms with E-state index in [0.29, 0.717) is 43.2 Å². The molecule has 33 heavy (non-hydrogen) atoms. The van der Waals surface area contributed by atoms with Crippen LogP contribution in [-0.4, -0.2) is 59.1 Å². The topological polar surface area (TPSA) is 111 Å². The fourth-order valence-corrected chi connectivity index (χ4v) is 4.09. The third-order valence-electron chi connectivity index (χ3n) is 5.61. The molecule has 10 nitrogen and oxygen atoms in total. The Bertz CT molecular complexity index is 1270. The van der Waals surface area contributed by atoms with Crippen molar-refractivity contribution in [3.8, 4) is 0 Å². The van der Waals surface area contributed by atoms with E-state index in [1.165, 1.54) is 13.2 Å². The maximum Gasteiger partial charge on any atom is 0.341 e. The maximum absolute atomic E-state index is 13.2. The van der Waals surface area contributed by atoms with Gasteiger partial charge < -0.3 is 19.7 Å².